The summed E-state index contributed by atoms with van der Waals surface area (Å²) in [6.07, 6.45) is 13.5. The molecule has 0 amide bonds. The molecule has 0 aliphatic carbocycles. The number of fused-ring (bicyclic) bond motifs is 2. The van der Waals surface area contributed by atoms with Crippen molar-refractivity contribution in [3.8, 4) is 0 Å². The summed E-state index contributed by atoms with van der Waals surface area (Å²) in [5.41, 5.74) is 2.00. The Hall–Kier alpha value is -2.47. The van der Waals surface area contributed by atoms with Gasteiger partial charge in [0.25, 0.3) is 0 Å². The lowest BCUT2D eigenvalue weighted by atomic mass is 9.98. The topological polar surface area (TPSA) is 69.7 Å². The molecule has 1 heterocycles. The molecule has 37 heavy (non-hydrogen) atoms. The third kappa shape index (κ3) is 8.26. The molecule has 1 unspecified atom stereocenters. The first-order chi connectivity index (χ1) is 18.1. The molecule has 0 bridgehead atoms. The summed E-state index contributed by atoms with van der Waals surface area (Å²) < 4.78 is 24.8. The van der Waals surface area contributed by atoms with Gasteiger partial charge in [0, 0.05) is 4.90 Å². The van der Waals surface area contributed by atoms with Gasteiger partial charge < -0.3 is 9.47 Å². The van der Waals surface area contributed by atoms with Crippen LogP contribution in [0.15, 0.2) is 46.2 Å². The SMILES string of the molecule is CCCCCCCCOC(=O)c1ccc2c(c1C(=O)OCCCCCCCC)S(=O)c1ccccc1C2. The summed E-state index contributed by atoms with van der Waals surface area (Å²) in [7, 11) is -1.58. The number of carbonyl (C=O) groups excluding carboxylic acids is 2. The Morgan fingerprint density at radius 1 is 0.703 bits per heavy atom. The minimum Gasteiger partial charge on any atom is -0.462 e. The third-order valence-electron chi connectivity index (χ3n) is 6.86. The highest BCUT2D eigenvalue weighted by Crippen LogP contribution is 2.36. The Morgan fingerprint density at radius 2 is 1.27 bits per heavy atom. The maximum Gasteiger partial charge on any atom is 0.340 e. The van der Waals surface area contributed by atoms with Crippen LogP contribution in [0, 0.1) is 0 Å². The molecule has 1 aliphatic rings. The molecular weight excluding hydrogens is 484 g/mol. The van der Waals surface area contributed by atoms with Crippen LogP contribution in [-0.4, -0.2) is 29.4 Å². The first-order valence-corrected chi connectivity index (χ1v) is 15.2. The zero-order valence-corrected chi connectivity index (χ0v) is 23.3. The van der Waals surface area contributed by atoms with E-state index >= 15 is 0 Å². The lowest BCUT2D eigenvalue weighted by molar-refractivity contribution is 0.0446. The molecule has 0 N–H and O–H groups in total. The summed E-state index contributed by atoms with van der Waals surface area (Å²) in [6.45, 7) is 4.95. The number of benzene rings is 2. The molecule has 0 radical (unpaired) electrons. The van der Waals surface area contributed by atoms with Crippen LogP contribution in [0.4, 0.5) is 0 Å². The fourth-order valence-corrected chi connectivity index (χ4v) is 6.30. The molecule has 0 aromatic heterocycles. The molecule has 0 spiro atoms. The molecule has 0 fully saturated rings. The Morgan fingerprint density at radius 3 is 1.92 bits per heavy atom. The summed E-state index contributed by atoms with van der Waals surface area (Å²) in [6, 6.07) is 11.0. The van der Waals surface area contributed by atoms with Gasteiger partial charge in [0.1, 0.15) is 0 Å². The van der Waals surface area contributed by atoms with Crippen molar-refractivity contribution >= 4 is 22.7 Å². The van der Waals surface area contributed by atoms with Crippen molar-refractivity contribution in [1.29, 1.82) is 0 Å². The number of hydrogen-bond acceptors (Lipinski definition) is 5. The molecule has 3 rings (SSSR count). The second kappa shape index (κ2) is 15.7. The van der Waals surface area contributed by atoms with Crippen LogP contribution < -0.4 is 0 Å². The van der Waals surface area contributed by atoms with Gasteiger partial charge in [-0.2, -0.15) is 0 Å². The number of esters is 2. The van der Waals surface area contributed by atoms with Gasteiger partial charge in [-0.25, -0.2) is 13.8 Å². The number of unbranched alkanes of at least 4 members (excludes halogenated alkanes) is 10. The summed E-state index contributed by atoms with van der Waals surface area (Å²) in [5, 5.41) is 0. The Balaban J connectivity index is 1.74. The predicted molar refractivity (Wildman–Crippen MR) is 148 cm³/mol. The normalized spacial score (nSPS) is 14.1. The van der Waals surface area contributed by atoms with Gasteiger partial charge in [0.05, 0.1) is 40.0 Å². The van der Waals surface area contributed by atoms with Crippen LogP contribution in [0.5, 0.6) is 0 Å². The summed E-state index contributed by atoms with van der Waals surface area (Å²) in [5.74, 6) is -1.15. The van der Waals surface area contributed by atoms with Crippen LogP contribution >= 0.6 is 0 Å². The highest BCUT2D eigenvalue weighted by atomic mass is 32.2. The predicted octanol–water partition coefficient (Wildman–Crippen LogP) is 7.79. The van der Waals surface area contributed by atoms with Crippen molar-refractivity contribution in [3.63, 3.8) is 0 Å². The summed E-state index contributed by atoms with van der Waals surface area (Å²) in [4.78, 5) is 27.5. The Labute approximate surface area is 224 Å². The van der Waals surface area contributed by atoms with Crippen molar-refractivity contribution in [2.24, 2.45) is 0 Å². The minimum atomic E-state index is -1.58. The summed E-state index contributed by atoms with van der Waals surface area (Å²) >= 11 is 0. The van der Waals surface area contributed by atoms with E-state index in [-0.39, 0.29) is 17.7 Å². The molecule has 2 aromatic carbocycles. The van der Waals surface area contributed by atoms with Crippen LogP contribution in [0.3, 0.4) is 0 Å². The molecule has 202 valence electrons. The maximum absolute atomic E-state index is 13.6. The van der Waals surface area contributed by atoms with E-state index in [1.165, 1.54) is 38.5 Å². The van der Waals surface area contributed by atoms with Crippen LogP contribution in [0.1, 0.15) is 123 Å². The number of carbonyl (C=O) groups is 2. The quantitative estimate of drug-likeness (QED) is 0.141. The molecule has 1 atom stereocenters. The van der Waals surface area contributed by atoms with E-state index in [9.17, 15) is 13.8 Å². The van der Waals surface area contributed by atoms with E-state index in [0.29, 0.717) is 22.8 Å². The molecule has 5 nitrogen and oxygen atoms in total. The van der Waals surface area contributed by atoms with Crippen molar-refractivity contribution in [2.75, 3.05) is 13.2 Å². The van der Waals surface area contributed by atoms with Crippen LogP contribution in [0.2, 0.25) is 0 Å². The van der Waals surface area contributed by atoms with Gasteiger partial charge in [0.15, 0.2) is 0 Å². The first kappa shape index (κ1) is 29.1. The average molecular weight is 527 g/mol. The second-order valence-electron chi connectivity index (χ2n) is 9.84. The highest BCUT2D eigenvalue weighted by molar-refractivity contribution is 7.85. The van der Waals surface area contributed by atoms with E-state index in [1.807, 2.05) is 24.3 Å². The maximum atomic E-state index is 13.6. The first-order valence-electron chi connectivity index (χ1n) is 14.1. The molecule has 0 saturated heterocycles. The van der Waals surface area contributed by atoms with Crippen molar-refractivity contribution < 1.29 is 23.3 Å². The largest absolute Gasteiger partial charge is 0.462 e. The zero-order valence-electron chi connectivity index (χ0n) is 22.5. The minimum absolute atomic E-state index is 0.101. The van der Waals surface area contributed by atoms with E-state index in [2.05, 4.69) is 13.8 Å². The smallest absolute Gasteiger partial charge is 0.340 e. The van der Waals surface area contributed by atoms with Crippen molar-refractivity contribution in [1.82, 2.24) is 0 Å². The van der Waals surface area contributed by atoms with E-state index in [0.717, 1.165) is 49.7 Å². The van der Waals surface area contributed by atoms with Crippen LogP contribution in [0.25, 0.3) is 0 Å². The molecular formula is C31H42O5S. The van der Waals surface area contributed by atoms with E-state index in [4.69, 9.17) is 9.47 Å². The fourth-order valence-electron chi connectivity index (χ4n) is 4.74. The van der Waals surface area contributed by atoms with Crippen molar-refractivity contribution in [3.05, 3.63) is 58.7 Å². The Bertz CT molecular complexity index is 1060. The molecule has 6 heteroatoms. The van der Waals surface area contributed by atoms with E-state index < -0.39 is 22.7 Å². The third-order valence-corrected chi connectivity index (χ3v) is 8.50. The molecule has 0 saturated carbocycles. The lowest BCUT2D eigenvalue weighted by Gasteiger charge is -2.22. The zero-order chi connectivity index (χ0) is 26.5. The second-order valence-corrected chi connectivity index (χ2v) is 11.2. The van der Waals surface area contributed by atoms with Gasteiger partial charge >= 0.3 is 11.9 Å². The van der Waals surface area contributed by atoms with Gasteiger partial charge in [0.2, 0.25) is 0 Å². The highest BCUT2D eigenvalue weighted by Gasteiger charge is 2.32. The Kier molecular flexibility index (Phi) is 12.3. The number of ether oxygens (including phenoxy) is 2. The fraction of sp³-hybridized carbons (Fsp3) is 0.548. The van der Waals surface area contributed by atoms with Gasteiger partial charge in [-0.15, -0.1) is 0 Å². The van der Waals surface area contributed by atoms with Crippen LogP contribution in [-0.2, 0) is 26.7 Å². The molecule has 1 aliphatic heterocycles. The monoisotopic (exact) mass is 526 g/mol. The lowest BCUT2D eigenvalue weighted by Crippen LogP contribution is -2.21. The standard InChI is InChI=1S/C31H42O5S/c1-3-5-7-9-11-15-21-35-30(32)26-20-19-25-23-24-17-13-14-18-27(24)37(34)29(25)28(26)31(33)36-22-16-12-10-8-6-4-2/h13-14,17-20H,3-12,15-16,21-23H2,1-2H3. The van der Waals surface area contributed by atoms with Gasteiger partial charge in [-0.1, -0.05) is 102 Å². The average Bonchev–Trinajstić information content (AvgIpc) is 2.91. The number of rotatable bonds is 16. The van der Waals surface area contributed by atoms with E-state index in [1.54, 1.807) is 12.1 Å². The number of hydrogen-bond donors (Lipinski definition) is 0. The van der Waals surface area contributed by atoms with Gasteiger partial charge in [-0.3, -0.25) is 0 Å². The molecule has 2 aromatic rings. The van der Waals surface area contributed by atoms with Gasteiger partial charge in [-0.05, 0) is 42.5 Å². The van der Waals surface area contributed by atoms with Crippen molar-refractivity contribution in [2.45, 2.75) is 107 Å².